The summed E-state index contributed by atoms with van der Waals surface area (Å²) in [6.45, 7) is 0.672. The lowest BCUT2D eigenvalue weighted by Gasteiger charge is -2.17. The molecule has 0 fully saturated rings. The molecule has 0 unspecified atom stereocenters. The molecule has 5 nitrogen and oxygen atoms in total. The summed E-state index contributed by atoms with van der Waals surface area (Å²) < 4.78 is 0. The van der Waals surface area contributed by atoms with Crippen LogP contribution in [-0.4, -0.2) is 16.6 Å². The Balaban J connectivity index is 2.41. The summed E-state index contributed by atoms with van der Waals surface area (Å²) in [6, 6.07) is 0. The topological polar surface area (TPSA) is 61.9 Å². The van der Waals surface area contributed by atoms with E-state index in [0.29, 0.717) is 6.67 Å². The molecule has 1 aromatic heterocycles. The van der Waals surface area contributed by atoms with Crippen LogP contribution in [0.25, 0.3) is 0 Å². The van der Waals surface area contributed by atoms with E-state index >= 15 is 0 Å². The molecule has 2 rings (SSSR count). The maximum atomic E-state index is 4.04. The van der Waals surface area contributed by atoms with Crippen molar-refractivity contribution in [2.24, 2.45) is 0 Å². The summed E-state index contributed by atoms with van der Waals surface area (Å²) in [6.07, 6.45) is 3.29. The Morgan fingerprint density at radius 2 is 2.00 bits per heavy atom. The van der Waals surface area contributed by atoms with E-state index in [-0.39, 0.29) is 0 Å². The van der Waals surface area contributed by atoms with Crippen LogP contribution >= 0.6 is 0 Å². The zero-order valence-electron chi connectivity index (χ0n) is 5.26. The lowest BCUT2D eigenvalue weighted by Crippen LogP contribution is -2.33. The van der Waals surface area contributed by atoms with E-state index in [1.807, 2.05) is 0 Å². The summed E-state index contributed by atoms with van der Waals surface area (Å²) in [5.41, 5.74) is 5.75. The van der Waals surface area contributed by atoms with Crippen LogP contribution in [0.1, 0.15) is 0 Å². The molecule has 0 spiro atoms. The van der Waals surface area contributed by atoms with Crippen molar-refractivity contribution in [1.29, 1.82) is 0 Å². The normalized spacial score (nSPS) is 14.8. The average Bonchev–Trinajstić information content (AvgIpc) is 2.05. The molecule has 0 bridgehead atoms. The van der Waals surface area contributed by atoms with Gasteiger partial charge in [0.25, 0.3) is 0 Å². The summed E-state index contributed by atoms with van der Waals surface area (Å²) in [5, 5.41) is 3.02. The molecule has 0 radical (unpaired) electrons. The number of fused-ring (bicyclic) bond motifs is 1. The number of hydrogen-bond donors (Lipinski definition) is 3. The molecule has 2 heterocycles. The van der Waals surface area contributed by atoms with Crippen molar-refractivity contribution in [3.05, 3.63) is 12.4 Å². The summed E-state index contributed by atoms with van der Waals surface area (Å²) >= 11 is 0. The summed E-state index contributed by atoms with van der Waals surface area (Å²) in [7, 11) is 0. The second-order valence-electron chi connectivity index (χ2n) is 1.91. The van der Waals surface area contributed by atoms with E-state index in [2.05, 4.69) is 26.1 Å². The monoisotopic (exact) mass is 137 g/mol. The summed E-state index contributed by atoms with van der Waals surface area (Å²) in [5.74, 6) is 1.54. The fourth-order valence-corrected chi connectivity index (χ4v) is 0.815. The van der Waals surface area contributed by atoms with Crippen molar-refractivity contribution in [2.75, 3.05) is 17.4 Å². The Bertz CT molecular complexity index is 210. The first-order chi connectivity index (χ1) is 4.97. The van der Waals surface area contributed by atoms with Gasteiger partial charge in [0.2, 0.25) is 0 Å². The molecule has 1 aliphatic heterocycles. The first-order valence-corrected chi connectivity index (χ1v) is 3.00. The van der Waals surface area contributed by atoms with Gasteiger partial charge in [0.1, 0.15) is 0 Å². The van der Waals surface area contributed by atoms with Gasteiger partial charge in [0.15, 0.2) is 11.6 Å². The van der Waals surface area contributed by atoms with Gasteiger partial charge in [-0.25, -0.2) is 15.4 Å². The predicted molar refractivity (Wildman–Crippen MR) is 37.3 cm³/mol. The van der Waals surface area contributed by atoms with E-state index < -0.39 is 0 Å². The number of aromatic nitrogens is 2. The minimum absolute atomic E-state index is 0.672. The number of hydrazine groups is 1. The lowest BCUT2D eigenvalue weighted by molar-refractivity contribution is 0.810. The van der Waals surface area contributed by atoms with Gasteiger partial charge in [0, 0.05) is 12.4 Å². The Kier molecular flexibility index (Phi) is 1.14. The number of rotatable bonds is 0. The van der Waals surface area contributed by atoms with Crippen molar-refractivity contribution in [1.82, 2.24) is 15.4 Å². The zero-order valence-corrected chi connectivity index (χ0v) is 5.26. The Labute approximate surface area is 57.8 Å². The van der Waals surface area contributed by atoms with Crippen molar-refractivity contribution >= 4 is 11.6 Å². The minimum atomic E-state index is 0.672. The molecule has 52 valence electrons. The molecule has 1 aliphatic rings. The third-order valence-electron chi connectivity index (χ3n) is 1.25. The molecule has 0 aromatic carbocycles. The highest BCUT2D eigenvalue weighted by Crippen LogP contribution is 2.14. The molecular formula is C5H7N5. The fraction of sp³-hybridized carbons (Fsp3) is 0.200. The number of nitrogens with one attached hydrogen (secondary N) is 3. The van der Waals surface area contributed by atoms with Gasteiger partial charge < -0.3 is 10.7 Å². The van der Waals surface area contributed by atoms with E-state index in [1.54, 1.807) is 12.4 Å². The van der Waals surface area contributed by atoms with Crippen LogP contribution in [0, 0.1) is 0 Å². The SMILES string of the molecule is c1cnc2c(n1)NCNN2. The Hall–Kier alpha value is -1.36. The van der Waals surface area contributed by atoms with Gasteiger partial charge in [-0.2, -0.15) is 0 Å². The second-order valence-corrected chi connectivity index (χ2v) is 1.91. The number of hydrogen-bond acceptors (Lipinski definition) is 5. The van der Waals surface area contributed by atoms with Crippen LogP contribution in [-0.2, 0) is 0 Å². The van der Waals surface area contributed by atoms with Crippen LogP contribution in [0.3, 0.4) is 0 Å². The largest absolute Gasteiger partial charge is 0.353 e. The van der Waals surface area contributed by atoms with E-state index in [4.69, 9.17) is 0 Å². The van der Waals surface area contributed by atoms with Crippen molar-refractivity contribution in [2.45, 2.75) is 0 Å². The number of nitrogens with zero attached hydrogens (tertiary/aromatic N) is 2. The van der Waals surface area contributed by atoms with Gasteiger partial charge >= 0.3 is 0 Å². The molecule has 1 aromatic rings. The molecule has 3 N–H and O–H groups in total. The highest BCUT2D eigenvalue weighted by molar-refractivity contribution is 5.59. The van der Waals surface area contributed by atoms with Gasteiger partial charge in [0.05, 0.1) is 6.67 Å². The van der Waals surface area contributed by atoms with Gasteiger partial charge in [-0.3, -0.25) is 0 Å². The van der Waals surface area contributed by atoms with Crippen LogP contribution in [0.15, 0.2) is 12.4 Å². The fourth-order valence-electron chi connectivity index (χ4n) is 0.815. The third-order valence-corrected chi connectivity index (χ3v) is 1.25. The first-order valence-electron chi connectivity index (χ1n) is 3.00. The summed E-state index contributed by atoms with van der Waals surface area (Å²) in [4.78, 5) is 8.06. The van der Waals surface area contributed by atoms with E-state index in [1.165, 1.54) is 0 Å². The molecule has 0 aliphatic carbocycles. The van der Waals surface area contributed by atoms with Gasteiger partial charge in [-0.05, 0) is 0 Å². The van der Waals surface area contributed by atoms with Crippen LogP contribution < -0.4 is 16.2 Å². The molecule has 0 atom stereocenters. The standard InChI is InChI=1S/C5H7N5/c1-2-7-5-4(6-1)8-3-9-10-5/h1-2,9H,3H2,(H,6,8)(H,7,10). The van der Waals surface area contributed by atoms with E-state index in [0.717, 1.165) is 11.6 Å². The average molecular weight is 137 g/mol. The minimum Gasteiger partial charge on any atom is -0.353 e. The lowest BCUT2D eigenvalue weighted by atomic mass is 10.5. The number of anilines is 2. The maximum absolute atomic E-state index is 4.04. The Morgan fingerprint density at radius 1 is 1.20 bits per heavy atom. The van der Waals surface area contributed by atoms with Crippen molar-refractivity contribution in [3.8, 4) is 0 Å². The molecule has 5 heteroatoms. The van der Waals surface area contributed by atoms with Gasteiger partial charge in [-0.15, -0.1) is 0 Å². The highest BCUT2D eigenvalue weighted by atomic mass is 15.4. The smallest absolute Gasteiger partial charge is 0.183 e. The molecule has 0 saturated carbocycles. The third kappa shape index (κ3) is 0.763. The van der Waals surface area contributed by atoms with Crippen LogP contribution in [0.4, 0.5) is 11.6 Å². The van der Waals surface area contributed by atoms with E-state index in [9.17, 15) is 0 Å². The predicted octanol–water partition coefficient (Wildman–Crippen LogP) is -0.224. The molecular weight excluding hydrogens is 130 g/mol. The van der Waals surface area contributed by atoms with Gasteiger partial charge in [-0.1, -0.05) is 0 Å². The van der Waals surface area contributed by atoms with Crippen LogP contribution in [0.2, 0.25) is 0 Å². The van der Waals surface area contributed by atoms with Crippen molar-refractivity contribution < 1.29 is 0 Å². The Morgan fingerprint density at radius 3 is 2.80 bits per heavy atom. The van der Waals surface area contributed by atoms with Crippen molar-refractivity contribution in [3.63, 3.8) is 0 Å². The zero-order chi connectivity index (χ0) is 6.81. The maximum Gasteiger partial charge on any atom is 0.183 e. The highest BCUT2D eigenvalue weighted by Gasteiger charge is 2.06. The molecule has 10 heavy (non-hydrogen) atoms. The second kappa shape index (κ2) is 2.11. The molecule has 0 amide bonds. The first kappa shape index (κ1) is 5.43. The van der Waals surface area contributed by atoms with Crippen LogP contribution in [0.5, 0.6) is 0 Å². The quantitative estimate of drug-likeness (QED) is 0.461. The molecule has 0 saturated heterocycles.